The number of carbonyl (C=O) groups excluding carboxylic acids is 1. The SMILES string of the molecule is O=C(CC1(COc2ccc(F)cc2)CNCCO1)N1CCCCC1. The fourth-order valence-electron chi connectivity index (χ4n) is 3.24. The Bertz CT molecular complexity index is 538. The molecule has 2 aliphatic heterocycles. The number of likely N-dealkylation sites (tertiary alicyclic amines) is 1. The summed E-state index contributed by atoms with van der Waals surface area (Å²) in [5.74, 6) is 0.407. The number of halogens is 1. The molecule has 2 heterocycles. The van der Waals surface area contributed by atoms with Crippen molar-refractivity contribution in [1.29, 1.82) is 0 Å². The molecular weight excluding hydrogens is 311 g/mol. The van der Waals surface area contributed by atoms with E-state index in [4.69, 9.17) is 9.47 Å². The van der Waals surface area contributed by atoms with Gasteiger partial charge in [-0.2, -0.15) is 0 Å². The minimum absolute atomic E-state index is 0.126. The molecule has 2 saturated heterocycles. The summed E-state index contributed by atoms with van der Waals surface area (Å²) in [6.07, 6.45) is 3.65. The molecule has 1 atom stereocenters. The first-order chi connectivity index (χ1) is 11.7. The molecule has 0 saturated carbocycles. The van der Waals surface area contributed by atoms with Gasteiger partial charge in [0.2, 0.25) is 5.91 Å². The number of hydrogen-bond donors (Lipinski definition) is 1. The largest absolute Gasteiger partial charge is 0.491 e. The Morgan fingerprint density at radius 3 is 2.67 bits per heavy atom. The number of carbonyl (C=O) groups is 1. The molecule has 2 fully saturated rings. The third kappa shape index (κ3) is 4.45. The Kier molecular flexibility index (Phi) is 5.68. The standard InChI is InChI=1S/C18H25FN2O3/c19-15-4-6-16(7-5-15)23-14-18(13-20-8-11-24-18)12-17(22)21-9-2-1-3-10-21/h4-7,20H,1-3,8-14H2. The number of nitrogens with zero attached hydrogens (tertiary/aromatic N) is 1. The molecule has 0 aromatic heterocycles. The van der Waals surface area contributed by atoms with Crippen LogP contribution in [-0.4, -0.2) is 55.8 Å². The van der Waals surface area contributed by atoms with Gasteiger partial charge in [0.05, 0.1) is 13.0 Å². The lowest BCUT2D eigenvalue weighted by molar-refractivity contribution is -0.146. The molecule has 1 N–H and O–H groups in total. The van der Waals surface area contributed by atoms with Crippen LogP contribution in [0.25, 0.3) is 0 Å². The highest BCUT2D eigenvalue weighted by atomic mass is 19.1. The summed E-state index contributed by atoms with van der Waals surface area (Å²) < 4.78 is 24.7. The highest BCUT2D eigenvalue weighted by Gasteiger charge is 2.38. The fourth-order valence-corrected chi connectivity index (χ4v) is 3.24. The first kappa shape index (κ1) is 17.2. The highest BCUT2D eigenvalue weighted by Crippen LogP contribution is 2.23. The predicted molar refractivity (Wildman–Crippen MR) is 88.5 cm³/mol. The van der Waals surface area contributed by atoms with E-state index in [1.165, 1.54) is 18.6 Å². The van der Waals surface area contributed by atoms with Crippen molar-refractivity contribution in [3.8, 4) is 5.75 Å². The number of nitrogens with one attached hydrogen (secondary N) is 1. The van der Waals surface area contributed by atoms with Crippen molar-refractivity contribution >= 4 is 5.91 Å². The molecule has 2 aliphatic rings. The third-order valence-corrected chi connectivity index (χ3v) is 4.63. The number of amides is 1. The second-order valence-electron chi connectivity index (χ2n) is 6.57. The van der Waals surface area contributed by atoms with Crippen molar-refractivity contribution in [2.45, 2.75) is 31.3 Å². The average molecular weight is 336 g/mol. The average Bonchev–Trinajstić information content (AvgIpc) is 2.63. The molecule has 6 heteroatoms. The number of hydrogen-bond acceptors (Lipinski definition) is 4. The van der Waals surface area contributed by atoms with Gasteiger partial charge in [0.25, 0.3) is 0 Å². The van der Waals surface area contributed by atoms with Crippen LogP contribution in [0.4, 0.5) is 4.39 Å². The number of rotatable bonds is 5. The summed E-state index contributed by atoms with van der Waals surface area (Å²) >= 11 is 0. The summed E-state index contributed by atoms with van der Waals surface area (Å²) in [5, 5.41) is 3.29. The molecule has 0 radical (unpaired) electrons. The molecule has 1 aromatic carbocycles. The van der Waals surface area contributed by atoms with Crippen LogP contribution in [0, 0.1) is 5.82 Å². The van der Waals surface area contributed by atoms with Crippen molar-refractivity contribution in [3.63, 3.8) is 0 Å². The minimum atomic E-state index is -0.666. The summed E-state index contributed by atoms with van der Waals surface area (Å²) in [7, 11) is 0. The van der Waals surface area contributed by atoms with Crippen molar-refractivity contribution in [2.75, 3.05) is 39.4 Å². The Balaban J connectivity index is 1.62. The van der Waals surface area contributed by atoms with Crippen molar-refractivity contribution in [1.82, 2.24) is 10.2 Å². The Labute approximate surface area is 142 Å². The Morgan fingerprint density at radius 1 is 1.25 bits per heavy atom. The zero-order valence-electron chi connectivity index (χ0n) is 13.9. The first-order valence-corrected chi connectivity index (χ1v) is 8.68. The van der Waals surface area contributed by atoms with Crippen LogP contribution in [0.5, 0.6) is 5.75 Å². The van der Waals surface area contributed by atoms with Crippen LogP contribution >= 0.6 is 0 Å². The maximum Gasteiger partial charge on any atom is 0.225 e. The molecule has 0 bridgehead atoms. The van der Waals surface area contributed by atoms with Crippen LogP contribution in [0.2, 0.25) is 0 Å². The van der Waals surface area contributed by atoms with E-state index in [0.29, 0.717) is 25.3 Å². The van der Waals surface area contributed by atoms with Crippen molar-refractivity contribution in [3.05, 3.63) is 30.1 Å². The van der Waals surface area contributed by atoms with E-state index in [0.717, 1.165) is 32.5 Å². The van der Waals surface area contributed by atoms with Gasteiger partial charge in [-0.1, -0.05) is 0 Å². The number of morpholine rings is 1. The van der Waals surface area contributed by atoms with E-state index in [1.54, 1.807) is 12.1 Å². The van der Waals surface area contributed by atoms with Gasteiger partial charge in [0, 0.05) is 26.2 Å². The maximum absolute atomic E-state index is 13.0. The quantitative estimate of drug-likeness (QED) is 0.893. The molecule has 24 heavy (non-hydrogen) atoms. The Morgan fingerprint density at radius 2 is 2.00 bits per heavy atom. The highest BCUT2D eigenvalue weighted by molar-refractivity contribution is 5.77. The van der Waals surface area contributed by atoms with Gasteiger partial charge in [-0.3, -0.25) is 4.79 Å². The molecular formula is C18H25FN2O3. The number of piperidine rings is 1. The molecule has 132 valence electrons. The lowest BCUT2D eigenvalue weighted by Gasteiger charge is -2.38. The normalized spacial score (nSPS) is 24.6. The lowest BCUT2D eigenvalue weighted by Crippen LogP contribution is -2.56. The number of ether oxygens (including phenoxy) is 2. The van der Waals surface area contributed by atoms with E-state index < -0.39 is 5.60 Å². The van der Waals surface area contributed by atoms with E-state index >= 15 is 0 Å². The van der Waals surface area contributed by atoms with Crippen LogP contribution in [0.3, 0.4) is 0 Å². The summed E-state index contributed by atoms with van der Waals surface area (Å²) in [6.45, 7) is 3.84. The van der Waals surface area contributed by atoms with E-state index in [-0.39, 0.29) is 18.3 Å². The van der Waals surface area contributed by atoms with Crippen LogP contribution in [0.1, 0.15) is 25.7 Å². The first-order valence-electron chi connectivity index (χ1n) is 8.68. The van der Waals surface area contributed by atoms with Crippen LogP contribution in [0.15, 0.2) is 24.3 Å². The molecule has 1 aromatic rings. The van der Waals surface area contributed by atoms with Gasteiger partial charge in [-0.25, -0.2) is 4.39 Å². The third-order valence-electron chi connectivity index (χ3n) is 4.63. The van der Waals surface area contributed by atoms with Gasteiger partial charge in [0.1, 0.15) is 23.8 Å². The maximum atomic E-state index is 13.0. The van der Waals surface area contributed by atoms with Crippen LogP contribution in [-0.2, 0) is 9.53 Å². The summed E-state index contributed by atoms with van der Waals surface area (Å²) in [6, 6.07) is 5.90. The molecule has 0 spiro atoms. The second kappa shape index (κ2) is 7.94. The van der Waals surface area contributed by atoms with E-state index in [2.05, 4.69) is 5.32 Å². The van der Waals surface area contributed by atoms with Crippen molar-refractivity contribution < 1.29 is 18.7 Å². The Hall–Kier alpha value is -1.66. The van der Waals surface area contributed by atoms with E-state index in [1.807, 2.05) is 4.90 Å². The lowest BCUT2D eigenvalue weighted by atomic mass is 9.97. The minimum Gasteiger partial charge on any atom is -0.491 e. The van der Waals surface area contributed by atoms with Gasteiger partial charge in [-0.15, -0.1) is 0 Å². The van der Waals surface area contributed by atoms with Crippen molar-refractivity contribution in [2.24, 2.45) is 0 Å². The topological polar surface area (TPSA) is 50.8 Å². The number of benzene rings is 1. The van der Waals surface area contributed by atoms with Crippen LogP contribution < -0.4 is 10.1 Å². The summed E-state index contributed by atoms with van der Waals surface area (Å²) in [4.78, 5) is 14.6. The fraction of sp³-hybridized carbons (Fsp3) is 0.611. The zero-order chi connectivity index (χ0) is 16.8. The molecule has 3 rings (SSSR count). The summed E-state index contributed by atoms with van der Waals surface area (Å²) in [5.41, 5.74) is -0.666. The smallest absolute Gasteiger partial charge is 0.225 e. The second-order valence-corrected chi connectivity index (χ2v) is 6.57. The van der Waals surface area contributed by atoms with Gasteiger partial charge in [0.15, 0.2) is 0 Å². The van der Waals surface area contributed by atoms with Gasteiger partial charge < -0.3 is 19.7 Å². The zero-order valence-corrected chi connectivity index (χ0v) is 13.9. The molecule has 5 nitrogen and oxygen atoms in total. The molecule has 0 aliphatic carbocycles. The monoisotopic (exact) mass is 336 g/mol. The van der Waals surface area contributed by atoms with Gasteiger partial charge in [-0.05, 0) is 43.5 Å². The molecule has 1 amide bonds. The van der Waals surface area contributed by atoms with E-state index in [9.17, 15) is 9.18 Å². The van der Waals surface area contributed by atoms with Gasteiger partial charge >= 0.3 is 0 Å². The predicted octanol–water partition coefficient (Wildman–Crippen LogP) is 1.97. The molecule has 1 unspecified atom stereocenters.